The molecule has 0 aliphatic carbocycles. The number of nitrogens with zero attached hydrogens (tertiary/aromatic N) is 1. The van der Waals surface area contributed by atoms with Crippen LogP contribution in [0.15, 0.2) is 30.6 Å². The van der Waals surface area contributed by atoms with Crippen molar-refractivity contribution in [1.29, 1.82) is 0 Å². The first-order valence-electron chi connectivity index (χ1n) is 6.52. The Bertz CT molecular complexity index is 699. The van der Waals surface area contributed by atoms with E-state index in [0.717, 1.165) is 24.5 Å². The Hall–Kier alpha value is -1.98. The summed E-state index contributed by atoms with van der Waals surface area (Å²) in [5.41, 5.74) is -2.04. The summed E-state index contributed by atoms with van der Waals surface area (Å²) < 4.78 is 66.8. The van der Waals surface area contributed by atoms with E-state index in [9.17, 15) is 22.0 Å². The maximum absolute atomic E-state index is 14.1. The van der Waals surface area contributed by atoms with Gasteiger partial charge in [-0.1, -0.05) is 20.8 Å². The van der Waals surface area contributed by atoms with Gasteiger partial charge in [0.25, 0.3) is 0 Å². The molecule has 0 saturated carbocycles. The number of alkyl halides is 3. The van der Waals surface area contributed by atoms with Crippen LogP contribution in [0.3, 0.4) is 0 Å². The minimum Gasteiger partial charge on any atom is -0.261 e. The molecule has 0 radical (unpaired) electrons. The van der Waals surface area contributed by atoms with Crippen LogP contribution < -0.4 is 0 Å². The summed E-state index contributed by atoms with van der Waals surface area (Å²) in [4.78, 5) is 3.56. The minimum atomic E-state index is -4.75. The molecule has 2 rings (SSSR count). The average molecular weight is 315 g/mol. The normalized spacial score (nSPS) is 12.5. The number of pyridine rings is 1. The molecule has 0 aliphatic rings. The van der Waals surface area contributed by atoms with Crippen molar-refractivity contribution in [3.8, 4) is 11.1 Å². The lowest BCUT2D eigenvalue weighted by Gasteiger charge is -2.23. The predicted octanol–water partition coefficient (Wildman–Crippen LogP) is 5.34. The molecule has 0 bridgehead atoms. The molecule has 1 aromatic carbocycles. The van der Waals surface area contributed by atoms with Crippen molar-refractivity contribution in [3.05, 3.63) is 53.4 Å². The highest BCUT2D eigenvalue weighted by molar-refractivity contribution is 5.68. The molecule has 0 aliphatic heterocycles. The smallest absolute Gasteiger partial charge is 0.261 e. The summed E-state index contributed by atoms with van der Waals surface area (Å²) in [7, 11) is 0. The zero-order chi connectivity index (χ0) is 16.7. The molecule has 2 aromatic rings. The zero-order valence-corrected chi connectivity index (χ0v) is 12.2. The fourth-order valence-corrected chi connectivity index (χ4v) is 2.18. The van der Waals surface area contributed by atoms with E-state index in [1.165, 1.54) is 0 Å². The first kappa shape index (κ1) is 16.4. The molecule has 0 saturated heterocycles. The largest absolute Gasteiger partial charge is 0.417 e. The van der Waals surface area contributed by atoms with Crippen molar-refractivity contribution in [2.24, 2.45) is 0 Å². The molecule has 0 atom stereocenters. The first-order chi connectivity index (χ1) is 10.00. The standard InChI is InChI=1S/C16H14F5N/c1-15(2,3)13-5-11(9-4-10(17)8-22-7-9)12(6-14(13)18)16(19,20)21/h4-8H,1-3H3. The molecule has 0 amide bonds. The summed E-state index contributed by atoms with van der Waals surface area (Å²) in [5.74, 6) is -1.69. The van der Waals surface area contributed by atoms with Gasteiger partial charge in [-0.15, -0.1) is 0 Å². The van der Waals surface area contributed by atoms with Crippen LogP contribution >= 0.6 is 0 Å². The van der Waals surface area contributed by atoms with Gasteiger partial charge < -0.3 is 0 Å². The van der Waals surface area contributed by atoms with Crippen LogP contribution in [0.5, 0.6) is 0 Å². The zero-order valence-electron chi connectivity index (χ0n) is 12.2. The van der Waals surface area contributed by atoms with Crippen LogP contribution in [0.1, 0.15) is 31.9 Å². The van der Waals surface area contributed by atoms with Gasteiger partial charge in [-0.05, 0) is 34.7 Å². The Morgan fingerprint density at radius 2 is 1.50 bits per heavy atom. The molecule has 0 spiro atoms. The van der Waals surface area contributed by atoms with E-state index in [2.05, 4.69) is 4.98 Å². The fourth-order valence-electron chi connectivity index (χ4n) is 2.18. The number of benzene rings is 1. The number of halogens is 5. The lowest BCUT2D eigenvalue weighted by Crippen LogP contribution is -2.16. The third-order valence-corrected chi connectivity index (χ3v) is 3.24. The van der Waals surface area contributed by atoms with E-state index in [4.69, 9.17) is 0 Å². The second kappa shape index (κ2) is 5.34. The molecule has 1 heterocycles. The number of hydrogen-bond donors (Lipinski definition) is 0. The summed E-state index contributed by atoms with van der Waals surface area (Å²) in [5, 5.41) is 0. The second-order valence-corrected chi connectivity index (χ2v) is 6.02. The van der Waals surface area contributed by atoms with E-state index in [1.807, 2.05) is 0 Å². The lowest BCUT2D eigenvalue weighted by atomic mass is 9.83. The van der Waals surface area contributed by atoms with E-state index < -0.39 is 28.8 Å². The second-order valence-electron chi connectivity index (χ2n) is 6.02. The van der Waals surface area contributed by atoms with E-state index in [0.29, 0.717) is 6.07 Å². The van der Waals surface area contributed by atoms with Gasteiger partial charge in [0, 0.05) is 11.8 Å². The molecule has 1 nitrogen and oxygen atoms in total. The molecule has 1 aromatic heterocycles. The Balaban J connectivity index is 2.79. The van der Waals surface area contributed by atoms with Crippen molar-refractivity contribution >= 4 is 0 Å². The summed E-state index contributed by atoms with van der Waals surface area (Å²) in [6.45, 7) is 5.06. The molecule has 0 unspecified atom stereocenters. The molecular formula is C16H14F5N. The van der Waals surface area contributed by atoms with Crippen molar-refractivity contribution in [1.82, 2.24) is 4.98 Å². The van der Waals surface area contributed by atoms with Crippen LogP contribution in [0.4, 0.5) is 22.0 Å². The summed E-state index contributed by atoms with van der Waals surface area (Å²) in [6, 6.07) is 2.53. The van der Waals surface area contributed by atoms with Gasteiger partial charge >= 0.3 is 6.18 Å². The molecular weight excluding hydrogens is 301 g/mol. The summed E-state index contributed by atoms with van der Waals surface area (Å²) >= 11 is 0. The molecule has 0 fully saturated rings. The SMILES string of the molecule is CC(C)(C)c1cc(-c2cncc(F)c2)c(C(F)(F)F)cc1F. The number of rotatable bonds is 1. The highest BCUT2D eigenvalue weighted by atomic mass is 19.4. The maximum Gasteiger partial charge on any atom is 0.417 e. The van der Waals surface area contributed by atoms with Gasteiger partial charge in [-0.3, -0.25) is 4.98 Å². The monoisotopic (exact) mass is 315 g/mol. The topological polar surface area (TPSA) is 12.9 Å². The minimum absolute atomic E-state index is 0.0437. The molecule has 0 N–H and O–H groups in total. The highest BCUT2D eigenvalue weighted by Gasteiger charge is 2.36. The van der Waals surface area contributed by atoms with E-state index in [-0.39, 0.29) is 16.7 Å². The van der Waals surface area contributed by atoms with E-state index >= 15 is 0 Å². The Kier molecular flexibility index (Phi) is 3.98. The third kappa shape index (κ3) is 3.26. The quantitative estimate of drug-likeness (QED) is 0.647. The van der Waals surface area contributed by atoms with Gasteiger partial charge in [0.15, 0.2) is 0 Å². The van der Waals surface area contributed by atoms with Crippen molar-refractivity contribution in [3.63, 3.8) is 0 Å². The van der Waals surface area contributed by atoms with Crippen LogP contribution in [0.2, 0.25) is 0 Å². The Labute approximate surface area is 124 Å². The van der Waals surface area contributed by atoms with Crippen LogP contribution in [-0.2, 0) is 11.6 Å². The third-order valence-electron chi connectivity index (χ3n) is 3.24. The molecule has 118 valence electrons. The highest BCUT2D eigenvalue weighted by Crippen LogP contribution is 2.40. The Morgan fingerprint density at radius 1 is 0.864 bits per heavy atom. The molecule has 6 heteroatoms. The van der Waals surface area contributed by atoms with Gasteiger partial charge in [0.2, 0.25) is 0 Å². The van der Waals surface area contributed by atoms with Crippen LogP contribution in [0.25, 0.3) is 11.1 Å². The Morgan fingerprint density at radius 3 is 2.00 bits per heavy atom. The first-order valence-corrected chi connectivity index (χ1v) is 6.52. The fraction of sp³-hybridized carbons (Fsp3) is 0.312. The van der Waals surface area contributed by atoms with Crippen molar-refractivity contribution < 1.29 is 22.0 Å². The average Bonchev–Trinajstić information content (AvgIpc) is 2.35. The van der Waals surface area contributed by atoms with Gasteiger partial charge in [-0.25, -0.2) is 8.78 Å². The van der Waals surface area contributed by atoms with Crippen molar-refractivity contribution in [2.75, 3.05) is 0 Å². The van der Waals surface area contributed by atoms with Gasteiger partial charge in [0.1, 0.15) is 11.6 Å². The van der Waals surface area contributed by atoms with Crippen LogP contribution in [0, 0.1) is 11.6 Å². The number of hydrogen-bond acceptors (Lipinski definition) is 1. The van der Waals surface area contributed by atoms with Gasteiger partial charge in [0.05, 0.1) is 11.8 Å². The van der Waals surface area contributed by atoms with E-state index in [1.54, 1.807) is 20.8 Å². The summed E-state index contributed by atoms with van der Waals surface area (Å²) in [6.07, 6.45) is -2.73. The lowest BCUT2D eigenvalue weighted by molar-refractivity contribution is -0.137. The van der Waals surface area contributed by atoms with Gasteiger partial charge in [-0.2, -0.15) is 13.2 Å². The molecule has 22 heavy (non-hydrogen) atoms. The maximum atomic E-state index is 14.1. The van der Waals surface area contributed by atoms with Crippen LogP contribution in [-0.4, -0.2) is 4.98 Å². The van der Waals surface area contributed by atoms with Crippen molar-refractivity contribution in [2.45, 2.75) is 32.4 Å². The predicted molar refractivity (Wildman–Crippen MR) is 73.3 cm³/mol. The number of aromatic nitrogens is 1.